The molecule has 1 aromatic carbocycles. The second-order valence-electron chi connectivity index (χ2n) is 5.42. The van der Waals surface area contributed by atoms with Crippen molar-refractivity contribution in [3.05, 3.63) is 84.3 Å². The molecule has 4 rings (SSSR count). The molecule has 0 aliphatic heterocycles. The summed E-state index contributed by atoms with van der Waals surface area (Å²) in [6.07, 6.45) is 6.79. The maximum Gasteiger partial charge on any atom is 0.163 e. The number of halogens is 1. The SMILES string of the molecule is NC(c1cccnc1)c1ccn2ncc(-c3ccccc3F)c2n1. The van der Waals surface area contributed by atoms with Crippen molar-refractivity contribution < 1.29 is 4.39 Å². The first-order valence-corrected chi connectivity index (χ1v) is 7.49. The first kappa shape index (κ1) is 14.5. The molecule has 4 aromatic rings. The van der Waals surface area contributed by atoms with Gasteiger partial charge in [-0.1, -0.05) is 24.3 Å². The highest BCUT2D eigenvalue weighted by Crippen LogP contribution is 2.27. The molecular formula is C18H14FN5. The number of hydrogen-bond acceptors (Lipinski definition) is 4. The molecule has 0 spiro atoms. The Morgan fingerprint density at radius 1 is 1.00 bits per heavy atom. The van der Waals surface area contributed by atoms with Crippen LogP contribution in [0.4, 0.5) is 4.39 Å². The number of nitrogens with zero attached hydrogens (tertiary/aromatic N) is 4. The van der Waals surface area contributed by atoms with Crippen LogP contribution in [0.1, 0.15) is 17.3 Å². The summed E-state index contributed by atoms with van der Waals surface area (Å²) in [5.74, 6) is -0.309. The first-order valence-electron chi connectivity index (χ1n) is 7.49. The van der Waals surface area contributed by atoms with E-state index in [0.29, 0.717) is 22.5 Å². The van der Waals surface area contributed by atoms with Gasteiger partial charge in [0.25, 0.3) is 0 Å². The van der Waals surface area contributed by atoms with E-state index < -0.39 is 6.04 Å². The summed E-state index contributed by atoms with van der Waals surface area (Å²) in [5.41, 5.74) is 9.49. The summed E-state index contributed by atoms with van der Waals surface area (Å²) in [7, 11) is 0. The van der Waals surface area contributed by atoms with Crippen LogP contribution >= 0.6 is 0 Å². The van der Waals surface area contributed by atoms with Crippen molar-refractivity contribution in [2.75, 3.05) is 0 Å². The van der Waals surface area contributed by atoms with E-state index in [1.165, 1.54) is 6.07 Å². The van der Waals surface area contributed by atoms with E-state index in [1.54, 1.807) is 47.5 Å². The fraction of sp³-hybridized carbons (Fsp3) is 0.0556. The molecule has 3 heterocycles. The van der Waals surface area contributed by atoms with Crippen LogP contribution in [0.3, 0.4) is 0 Å². The number of hydrogen-bond donors (Lipinski definition) is 1. The minimum Gasteiger partial charge on any atom is -0.319 e. The lowest BCUT2D eigenvalue weighted by Crippen LogP contribution is -2.14. The van der Waals surface area contributed by atoms with Gasteiger partial charge >= 0.3 is 0 Å². The van der Waals surface area contributed by atoms with Gasteiger partial charge in [0.1, 0.15) is 5.82 Å². The molecule has 6 heteroatoms. The van der Waals surface area contributed by atoms with Crippen molar-refractivity contribution in [3.8, 4) is 11.1 Å². The van der Waals surface area contributed by atoms with Gasteiger partial charge < -0.3 is 5.73 Å². The second-order valence-corrected chi connectivity index (χ2v) is 5.42. The van der Waals surface area contributed by atoms with E-state index in [-0.39, 0.29) is 5.82 Å². The van der Waals surface area contributed by atoms with Crippen LogP contribution in [-0.2, 0) is 0 Å². The third kappa shape index (κ3) is 2.43. The fourth-order valence-corrected chi connectivity index (χ4v) is 2.66. The lowest BCUT2D eigenvalue weighted by Gasteiger charge is -2.11. The van der Waals surface area contributed by atoms with Gasteiger partial charge in [-0.15, -0.1) is 0 Å². The molecule has 118 valence electrons. The molecule has 0 saturated heterocycles. The maximum atomic E-state index is 14.1. The van der Waals surface area contributed by atoms with Crippen LogP contribution in [0.2, 0.25) is 0 Å². The molecule has 2 N–H and O–H groups in total. The highest BCUT2D eigenvalue weighted by atomic mass is 19.1. The van der Waals surface area contributed by atoms with Gasteiger partial charge in [0.15, 0.2) is 5.65 Å². The molecule has 5 nitrogen and oxygen atoms in total. The van der Waals surface area contributed by atoms with Crippen molar-refractivity contribution in [3.63, 3.8) is 0 Å². The van der Waals surface area contributed by atoms with Crippen LogP contribution in [-0.4, -0.2) is 19.6 Å². The van der Waals surface area contributed by atoms with Crippen molar-refractivity contribution >= 4 is 5.65 Å². The zero-order chi connectivity index (χ0) is 16.5. The number of benzene rings is 1. The fourth-order valence-electron chi connectivity index (χ4n) is 2.66. The molecular weight excluding hydrogens is 305 g/mol. The van der Waals surface area contributed by atoms with Gasteiger partial charge in [0, 0.05) is 29.7 Å². The molecule has 1 unspecified atom stereocenters. The summed E-state index contributed by atoms with van der Waals surface area (Å²) in [4.78, 5) is 8.70. The van der Waals surface area contributed by atoms with E-state index in [0.717, 1.165) is 5.56 Å². The maximum absolute atomic E-state index is 14.1. The topological polar surface area (TPSA) is 69.1 Å². The lowest BCUT2D eigenvalue weighted by atomic mass is 10.1. The molecule has 24 heavy (non-hydrogen) atoms. The van der Waals surface area contributed by atoms with E-state index in [9.17, 15) is 4.39 Å². The third-order valence-corrected chi connectivity index (χ3v) is 3.92. The summed E-state index contributed by atoms with van der Waals surface area (Å²) < 4.78 is 15.7. The Morgan fingerprint density at radius 2 is 1.88 bits per heavy atom. The predicted molar refractivity (Wildman–Crippen MR) is 88.6 cm³/mol. The van der Waals surface area contributed by atoms with Gasteiger partial charge in [-0.05, 0) is 23.8 Å². The minimum atomic E-state index is -0.410. The smallest absolute Gasteiger partial charge is 0.163 e. The Bertz CT molecular complexity index is 997. The molecule has 0 saturated carbocycles. The van der Waals surface area contributed by atoms with E-state index in [2.05, 4.69) is 15.1 Å². The normalized spacial score (nSPS) is 12.4. The van der Waals surface area contributed by atoms with Gasteiger partial charge in [-0.3, -0.25) is 4.98 Å². The quantitative estimate of drug-likeness (QED) is 0.630. The summed E-state index contributed by atoms with van der Waals surface area (Å²) >= 11 is 0. The Hall–Kier alpha value is -3.12. The van der Waals surface area contributed by atoms with Crippen molar-refractivity contribution in [1.82, 2.24) is 19.6 Å². The summed E-state index contributed by atoms with van der Waals surface area (Å²) in [6.45, 7) is 0. The van der Waals surface area contributed by atoms with Gasteiger partial charge in [0.2, 0.25) is 0 Å². The predicted octanol–water partition coefficient (Wildman–Crippen LogP) is 2.98. The molecule has 0 bridgehead atoms. The van der Waals surface area contributed by atoms with Crippen LogP contribution in [0.5, 0.6) is 0 Å². The molecule has 3 aromatic heterocycles. The first-order chi connectivity index (χ1) is 11.7. The van der Waals surface area contributed by atoms with Crippen LogP contribution in [0, 0.1) is 5.82 Å². The molecule has 0 fully saturated rings. The third-order valence-electron chi connectivity index (χ3n) is 3.92. The lowest BCUT2D eigenvalue weighted by molar-refractivity contribution is 0.631. The Morgan fingerprint density at radius 3 is 2.67 bits per heavy atom. The van der Waals surface area contributed by atoms with E-state index >= 15 is 0 Å². The monoisotopic (exact) mass is 319 g/mol. The van der Waals surface area contributed by atoms with Crippen molar-refractivity contribution in [2.24, 2.45) is 5.73 Å². The summed E-state index contributed by atoms with van der Waals surface area (Å²) in [6, 6.07) is 11.7. The average Bonchev–Trinajstić information content (AvgIpc) is 3.05. The Kier molecular flexibility index (Phi) is 3.51. The number of pyridine rings is 1. The molecule has 0 amide bonds. The van der Waals surface area contributed by atoms with Gasteiger partial charge in [-0.25, -0.2) is 13.9 Å². The van der Waals surface area contributed by atoms with Crippen LogP contribution in [0.15, 0.2) is 67.3 Å². The highest BCUT2D eigenvalue weighted by Gasteiger charge is 2.15. The minimum absolute atomic E-state index is 0.309. The standard InChI is InChI=1S/C18H14FN5/c19-15-6-2-1-5-13(15)14-11-22-24-9-7-16(23-18(14)24)17(20)12-4-3-8-21-10-12/h1-11,17H,20H2. The number of nitrogens with two attached hydrogens (primary N) is 1. The molecule has 0 radical (unpaired) electrons. The Labute approximate surface area is 137 Å². The number of aromatic nitrogens is 4. The van der Waals surface area contributed by atoms with Gasteiger partial charge in [-0.2, -0.15) is 5.10 Å². The van der Waals surface area contributed by atoms with Gasteiger partial charge in [0.05, 0.1) is 17.9 Å². The van der Waals surface area contributed by atoms with Crippen LogP contribution in [0.25, 0.3) is 16.8 Å². The average molecular weight is 319 g/mol. The van der Waals surface area contributed by atoms with E-state index in [4.69, 9.17) is 5.73 Å². The van der Waals surface area contributed by atoms with Crippen molar-refractivity contribution in [1.29, 1.82) is 0 Å². The highest BCUT2D eigenvalue weighted by molar-refractivity contribution is 5.77. The zero-order valence-corrected chi connectivity index (χ0v) is 12.7. The zero-order valence-electron chi connectivity index (χ0n) is 12.7. The summed E-state index contributed by atoms with van der Waals surface area (Å²) in [5, 5.41) is 4.24. The number of rotatable bonds is 3. The molecule has 0 aliphatic rings. The number of fused-ring (bicyclic) bond motifs is 1. The second kappa shape index (κ2) is 5.82. The Balaban J connectivity index is 1.84. The van der Waals surface area contributed by atoms with E-state index in [1.807, 2.05) is 18.2 Å². The molecule has 1 atom stereocenters. The van der Waals surface area contributed by atoms with Crippen molar-refractivity contribution in [2.45, 2.75) is 6.04 Å². The molecule has 0 aliphatic carbocycles. The van der Waals surface area contributed by atoms with Crippen LogP contribution < -0.4 is 5.73 Å². The largest absolute Gasteiger partial charge is 0.319 e.